The fraction of sp³-hybridized carbons (Fsp3) is 0.625. The van der Waals surface area contributed by atoms with E-state index < -0.39 is 0 Å². The highest BCUT2D eigenvalue weighted by Crippen LogP contribution is 2.25. The molecule has 1 aromatic carbocycles. The Kier molecular flexibility index (Phi) is 5.26. The highest BCUT2D eigenvalue weighted by Gasteiger charge is 2.20. The highest BCUT2D eigenvalue weighted by molar-refractivity contribution is 5.38. The third kappa shape index (κ3) is 4.12. The van der Waals surface area contributed by atoms with Gasteiger partial charge in [-0.1, -0.05) is 6.07 Å². The summed E-state index contributed by atoms with van der Waals surface area (Å²) in [7, 11) is 0. The normalized spacial score (nSPS) is 17.0. The minimum absolute atomic E-state index is 0.112. The molecule has 0 atom stereocenters. The van der Waals surface area contributed by atoms with E-state index in [1.165, 1.54) is 18.9 Å². The molecule has 0 spiro atoms. The second-order valence-corrected chi connectivity index (χ2v) is 6.03. The molecule has 0 unspecified atom stereocenters. The Balaban J connectivity index is 2.01. The molecule has 1 aliphatic heterocycles. The van der Waals surface area contributed by atoms with E-state index in [9.17, 15) is 10.2 Å². The molecule has 20 heavy (non-hydrogen) atoms. The Morgan fingerprint density at radius 3 is 2.55 bits per heavy atom. The molecular formula is C16H26N2O2. The third-order valence-corrected chi connectivity index (χ3v) is 4.12. The van der Waals surface area contributed by atoms with Crippen molar-refractivity contribution in [2.45, 2.75) is 39.3 Å². The topological polar surface area (TPSA) is 55.7 Å². The van der Waals surface area contributed by atoms with Crippen molar-refractivity contribution in [3.63, 3.8) is 0 Å². The minimum Gasteiger partial charge on any atom is -0.508 e. The molecule has 0 aliphatic carbocycles. The Bertz CT molecular complexity index is 428. The first kappa shape index (κ1) is 15.1. The van der Waals surface area contributed by atoms with E-state index in [2.05, 4.69) is 24.1 Å². The first-order chi connectivity index (χ1) is 9.56. The zero-order valence-corrected chi connectivity index (χ0v) is 12.5. The smallest absolute Gasteiger partial charge is 0.123 e. The summed E-state index contributed by atoms with van der Waals surface area (Å²) in [4.78, 5) is 2.40. The van der Waals surface area contributed by atoms with E-state index in [4.69, 9.17) is 0 Å². The molecule has 0 saturated carbocycles. The van der Waals surface area contributed by atoms with E-state index in [-0.39, 0.29) is 11.5 Å². The summed E-state index contributed by atoms with van der Waals surface area (Å²) in [6.45, 7) is 8.41. The lowest BCUT2D eigenvalue weighted by Crippen LogP contribution is -2.39. The second kappa shape index (κ2) is 6.95. The third-order valence-electron chi connectivity index (χ3n) is 4.12. The summed E-state index contributed by atoms with van der Waals surface area (Å²) < 4.78 is 0. The zero-order chi connectivity index (χ0) is 14.5. The summed E-state index contributed by atoms with van der Waals surface area (Å²) >= 11 is 0. The molecule has 0 bridgehead atoms. The SMILES string of the molecule is CC(C)N(Cc1ccc(O)cc1O)CC1CCNCC1. The van der Waals surface area contributed by atoms with Crippen LogP contribution in [0.4, 0.5) is 0 Å². The molecule has 1 aliphatic rings. The quantitative estimate of drug-likeness (QED) is 0.773. The average Bonchev–Trinajstić information content (AvgIpc) is 2.42. The molecule has 112 valence electrons. The average molecular weight is 278 g/mol. The number of phenolic OH excluding ortho intramolecular Hbond substituents is 2. The number of hydrogen-bond acceptors (Lipinski definition) is 4. The Hall–Kier alpha value is -1.26. The molecule has 0 aromatic heterocycles. The number of nitrogens with zero attached hydrogens (tertiary/aromatic N) is 1. The molecule has 0 amide bonds. The van der Waals surface area contributed by atoms with Crippen molar-refractivity contribution in [2.75, 3.05) is 19.6 Å². The molecule has 1 fully saturated rings. The maximum Gasteiger partial charge on any atom is 0.123 e. The summed E-state index contributed by atoms with van der Waals surface area (Å²) in [6.07, 6.45) is 2.45. The van der Waals surface area contributed by atoms with Crippen molar-refractivity contribution < 1.29 is 10.2 Å². The second-order valence-electron chi connectivity index (χ2n) is 6.03. The maximum atomic E-state index is 9.93. The molecule has 3 N–H and O–H groups in total. The summed E-state index contributed by atoms with van der Waals surface area (Å²) in [6, 6.07) is 5.30. The fourth-order valence-electron chi connectivity index (χ4n) is 2.76. The van der Waals surface area contributed by atoms with Crippen molar-refractivity contribution in [1.29, 1.82) is 0 Å². The fourth-order valence-corrected chi connectivity index (χ4v) is 2.76. The Morgan fingerprint density at radius 1 is 1.25 bits per heavy atom. The number of aromatic hydroxyl groups is 2. The number of rotatable bonds is 5. The summed E-state index contributed by atoms with van der Waals surface area (Å²) in [5.74, 6) is 1.03. The Morgan fingerprint density at radius 2 is 1.95 bits per heavy atom. The largest absolute Gasteiger partial charge is 0.508 e. The van der Waals surface area contributed by atoms with Crippen LogP contribution in [-0.4, -0.2) is 40.8 Å². The van der Waals surface area contributed by atoms with E-state index in [1.807, 2.05) is 6.07 Å². The number of phenols is 2. The lowest BCUT2D eigenvalue weighted by atomic mass is 9.96. The first-order valence-electron chi connectivity index (χ1n) is 7.52. The molecule has 1 heterocycles. The van der Waals surface area contributed by atoms with Crippen molar-refractivity contribution in [3.8, 4) is 11.5 Å². The van der Waals surface area contributed by atoms with Gasteiger partial charge in [-0.05, 0) is 51.8 Å². The van der Waals surface area contributed by atoms with Crippen LogP contribution in [0.5, 0.6) is 11.5 Å². The predicted molar refractivity (Wildman–Crippen MR) is 80.9 cm³/mol. The van der Waals surface area contributed by atoms with E-state index in [0.29, 0.717) is 6.04 Å². The molecule has 1 aromatic rings. The van der Waals surface area contributed by atoms with Crippen LogP contribution in [0, 0.1) is 5.92 Å². The molecule has 0 radical (unpaired) electrons. The van der Waals surface area contributed by atoms with Crippen LogP contribution in [0.1, 0.15) is 32.3 Å². The lowest BCUT2D eigenvalue weighted by Gasteiger charge is -2.33. The zero-order valence-electron chi connectivity index (χ0n) is 12.5. The van der Waals surface area contributed by atoms with Gasteiger partial charge in [0.05, 0.1) is 0 Å². The van der Waals surface area contributed by atoms with Gasteiger partial charge in [0.25, 0.3) is 0 Å². The maximum absolute atomic E-state index is 9.93. The van der Waals surface area contributed by atoms with Crippen LogP contribution in [0.2, 0.25) is 0 Å². The van der Waals surface area contributed by atoms with Crippen LogP contribution in [0.3, 0.4) is 0 Å². The van der Waals surface area contributed by atoms with Gasteiger partial charge in [0.2, 0.25) is 0 Å². The Labute approximate surface area is 121 Å². The molecule has 4 heteroatoms. The first-order valence-corrected chi connectivity index (χ1v) is 7.52. The van der Waals surface area contributed by atoms with E-state index >= 15 is 0 Å². The van der Waals surface area contributed by atoms with Crippen molar-refractivity contribution in [2.24, 2.45) is 5.92 Å². The van der Waals surface area contributed by atoms with Crippen molar-refractivity contribution >= 4 is 0 Å². The van der Waals surface area contributed by atoms with Gasteiger partial charge in [-0.15, -0.1) is 0 Å². The van der Waals surface area contributed by atoms with Gasteiger partial charge >= 0.3 is 0 Å². The van der Waals surface area contributed by atoms with E-state index in [0.717, 1.165) is 37.7 Å². The van der Waals surface area contributed by atoms with Gasteiger partial charge in [0.1, 0.15) is 11.5 Å². The van der Waals surface area contributed by atoms with Gasteiger partial charge in [-0.25, -0.2) is 0 Å². The highest BCUT2D eigenvalue weighted by atomic mass is 16.3. The van der Waals surface area contributed by atoms with Crippen LogP contribution < -0.4 is 5.32 Å². The molecule has 2 rings (SSSR count). The van der Waals surface area contributed by atoms with Crippen LogP contribution in [0.25, 0.3) is 0 Å². The summed E-state index contributed by atoms with van der Waals surface area (Å²) in [5.41, 5.74) is 0.880. The molecule has 1 saturated heterocycles. The number of nitrogens with one attached hydrogen (secondary N) is 1. The predicted octanol–water partition coefficient (Wildman–Crippen LogP) is 2.31. The monoisotopic (exact) mass is 278 g/mol. The van der Waals surface area contributed by atoms with Gasteiger partial charge in [-0.3, -0.25) is 4.90 Å². The standard InChI is InChI=1S/C16H26N2O2/c1-12(2)18(10-13-5-7-17-8-6-13)11-14-3-4-15(19)9-16(14)20/h3-4,9,12-13,17,19-20H,5-8,10-11H2,1-2H3. The van der Waals surface area contributed by atoms with Crippen LogP contribution in [-0.2, 0) is 6.54 Å². The van der Waals surface area contributed by atoms with Crippen molar-refractivity contribution in [1.82, 2.24) is 10.2 Å². The van der Waals surface area contributed by atoms with E-state index in [1.54, 1.807) is 6.07 Å². The van der Waals surface area contributed by atoms with Crippen LogP contribution >= 0.6 is 0 Å². The number of benzene rings is 1. The molecule has 4 nitrogen and oxygen atoms in total. The van der Waals surface area contributed by atoms with Gasteiger partial charge in [0, 0.05) is 30.8 Å². The number of piperidine rings is 1. The summed E-state index contributed by atoms with van der Waals surface area (Å²) in [5, 5.41) is 22.7. The van der Waals surface area contributed by atoms with Gasteiger partial charge in [-0.2, -0.15) is 0 Å². The van der Waals surface area contributed by atoms with Gasteiger partial charge < -0.3 is 15.5 Å². The minimum atomic E-state index is 0.112. The number of hydrogen-bond donors (Lipinski definition) is 3. The van der Waals surface area contributed by atoms with Gasteiger partial charge in [0.15, 0.2) is 0 Å². The van der Waals surface area contributed by atoms with Crippen LogP contribution in [0.15, 0.2) is 18.2 Å². The van der Waals surface area contributed by atoms with Crippen molar-refractivity contribution in [3.05, 3.63) is 23.8 Å². The molecular weight excluding hydrogens is 252 g/mol. The lowest BCUT2D eigenvalue weighted by molar-refractivity contribution is 0.160.